The molecule has 0 atom stereocenters. The van der Waals surface area contributed by atoms with Gasteiger partial charge < -0.3 is 10.0 Å². The number of allylic oxidation sites excluding steroid dienone is 3. The molecule has 0 bridgehead atoms. The number of carbonyl (C=O) groups is 1. The summed E-state index contributed by atoms with van der Waals surface area (Å²) in [5, 5.41) is 20.1. The van der Waals surface area contributed by atoms with Gasteiger partial charge in [0.15, 0.2) is 11.3 Å². The van der Waals surface area contributed by atoms with E-state index in [1.54, 1.807) is 25.1 Å². The second kappa shape index (κ2) is 12.5. The number of pyridine rings is 1. The molecule has 4 rings (SSSR count). The van der Waals surface area contributed by atoms with Crippen molar-refractivity contribution in [3.63, 3.8) is 0 Å². The van der Waals surface area contributed by atoms with Gasteiger partial charge in [-0.1, -0.05) is 58.2 Å². The maximum atomic E-state index is 13.8. The summed E-state index contributed by atoms with van der Waals surface area (Å²) in [5.74, 6) is -1.20. The van der Waals surface area contributed by atoms with E-state index in [1.807, 2.05) is 26.0 Å². The molecule has 6 nitrogen and oxygen atoms in total. The largest absolute Gasteiger partial charge is 0.492 e. The molecular formula is C29H33F3N4O2. The van der Waals surface area contributed by atoms with Crippen molar-refractivity contribution < 1.29 is 23.1 Å². The number of amides is 1. The third kappa shape index (κ3) is 5.75. The van der Waals surface area contributed by atoms with Crippen molar-refractivity contribution in [2.45, 2.75) is 53.1 Å². The number of likely N-dealkylation sites (tertiary alicyclic amines) is 1. The lowest BCUT2D eigenvalue weighted by atomic mass is 9.87. The molecule has 1 aliphatic heterocycles. The third-order valence-corrected chi connectivity index (χ3v) is 6.37. The number of fused-ring (bicyclic) bond motifs is 1. The van der Waals surface area contributed by atoms with Crippen LogP contribution in [0.1, 0.15) is 79.7 Å². The summed E-state index contributed by atoms with van der Waals surface area (Å²) in [6.45, 7) is 9.94. The Bertz CT molecular complexity index is 1370. The molecule has 1 aromatic carbocycles. The smallest absolute Gasteiger partial charge is 0.420 e. The van der Waals surface area contributed by atoms with E-state index in [0.29, 0.717) is 37.1 Å². The predicted octanol–water partition coefficient (Wildman–Crippen LogP) is 7.20. The van der Waals surface area contributed by atoms with Crippen molar-refractivity contribution in [2.24, 2.45) is 0 Å². The molecule has 2 aromatic heterocycles. The lowest BCUT2D eigenvalue weighted by Crippen LogP contribution is -2.38. The van der Waals surface area contributed by atoms with E-state index in [4.69, 9.17) is 0 Å². The summed E-state index contributed by atoms with van der Waals surface area (Å²) in [6.07, 6.45) is 0.744. The van der Waals surface area contributed by atoms with Crippen LogP contribution in [0.25, 0.3) is 11.2 Å². The lowest BCUT2D eigenvalue weighted by Gasteiger charge is -2.32. The Morgan fingerprint density at radius 2 is 1.87 bits per heavy atom. The second-order valence-corrected chi connectivity index (χ2v) is 8.33. The topological polar surface area (TPSA) is 81.6 Å². The number of imidazole rings is 1. The Hall–Kier alpha value is -4.06. The predicted molar refractivity (Wildman–Crippen MR) is 143 cm³/mol. The minimum absolute atomic E-state index is 0. The first kappa shape index (κ1) is 30.2. The van der Waals surface area contributed by atoms with E-state index < -0.39 is 34.9 Å². The highest BCUT2D eigenvalue weighted by Crippen LogP contribution is 2.37. The Morgan fingerprint density at radius 3 is 2.42 bits per heavy atom. The van der Waals surface area contributed by atoms with Gasteiger partial charge in [-0.25, -0.2) is 4.98 Å². The number of rotatable bonds is 4. The molecular weight excluding hydrogens is 493 g/mol. The van der Waals surface area contributed by atoms with Crippen LogP contribution in [0.2, 0.25) is 0 Å². The van der Waals surface area contributed by atoms with Crippen LogP contribution >= 0.6 is 0 Å². The number of alkyl halides is 3. The number of carbonyl (C=O) groups excluding carboxylic acids is 1. The average molecular weight is 527 g/mol. The first-order valence-corrected chi connectivity index (χ1v) is 12.1. The number of aromatic hydroxyl groups is 1. The van der Waals surface area contributed by atoms with Gasteiger partial charge in [0, 0.05) is 19.3 Å². The van der Waals surface area contributed by atoms with Crippen LogP contribution in [0.4, 0.5) is 13.2 Å². The number of nitrogens with zero attached hydrogens (tertiary/aromatic N) is 4. The molecule has 0 unspecified atom stereocenters. The zero-order chi connectivity index (χ0) is 27.3. The van der Waals surface area contributed by atoms with Gasteiger partial charge in [-0.05, 0) is 54.5 Å². The van der Waals surface area contributed by atoms with Gasteiger partial charge in [0.25, 0.3) is 5.91 Å². The quantitative estimate of drug-likeness (QED) is 0.365. The number of nitriles is 1. The van der Waals surface area contributed by atoms with Crippen molar-refractivity contribution >= 4 is 17.1 Å². The molecule has 1 aliphatic rings. The minimum atomic E-state index is -4.75. The highest BCUT2D eigenvalue weighted by atomic mass is 19.4. The highest BCUT2D eigenvalue weighted by Gasteiger charge is 2.37. The van der Waals surface area contributed by atoms with E-state index in [-0.39, 0.29) is 18.9 Å². The zero-order valence-corrected chi connectivity index (χ0v) is 21.0. The number of hydrogen-bond donors (Lipinski definition) is 1. The van der Waals surface area contributed by atoms with Gasteiger partial charge in [-0.3, -0.25) is 9.20 Å². The molecule has 0 saturated carbocycles. The fraction of sp³-hybridized carbons (Fsp3) is 0.345. The number of aromatic nitrogens is 2. The van der Waals surface area contributed by atoms with Gasteiger partial charge in [-0.2, -0.15) is 18.4 Å². The highest BCUT2D eigenvalue weighted by molar-refractivity contribution is 5.96. The fourth-order valence-electron chi connectivity index (χ4n) is 4.54. The molecule has 1 N–H and O–H groups in total. The molecule has 3 aromatic rings. The molecule has 9 heteroatoms. The van der Waals surface area contributed by atoms with Crippen molar-refractivity contribution in [3.8, 4) is 11.9 Å². The van der Waals surface area contributed by atoms with Crippen LogP contribution in [-0.4, -0.2) is 38.4 Å². The molecule has 0 radical (unpaired) electrons. The van der Waals surface area contributed by atoms with E-state index >= 15 is 0 Å². The monoisotopic (exact) mass is 526 g/mol. The van der Waals surface area contributed by atoms with Gasteiger partial charge in [0.2, 0.25) is 5.88 Å². The van der Waals surface area contributed by atoms with Crippen molar-refractivity contribution in [1.82, 2.24) is 14.3 Å². The Morgan fingerprint density at radius 1 is 1.24 bits per heavy atom. The normalized spacial score (nSPS) is 14.2. The molecule has 0 spiro atoms. The summed E-state index contributed by atoms with van der Waals surface area (Å²) in [4.78, 5) is 18.6. The standard InChI is InChI=1S/C26H23F3N4O2.C2H6.CH4/c1-3-16(4-2)19-13-21(26(27,28)29)23-31-22(25(35)33(23)15-19)24(34)32-11-9-17(10-12-32)20-8-6-5-7-18(20)14-30;1-2;/h3-8,13,15,17,35H,1,9-12H2,2H3;1-2H3;1H4/b16-4+;;. The fourth-order valence-corrected chi connectivity index (χ4v) is 4.54. The van der Waals surface area contributed by atoms with E-state index in [0.717, 1.165) is 16.0 Å². The van der Waals surface area contributed by atoms with Crippen molar-refractivity contribution in [1.29, 1.82) is 5.26 Å². The van der Waals surface area contributed by atoms with Gasteiger partial charge >= 0.3 is 6.18 Å². The average Bonchev–Trinajstić information content (AvgIpc) is 3.25. The summed E-state index contributed by atoms with van der Waals surface area (Å²) in [7, 11) is 0. The molecule has 1 fully saturated rings. The number of benzene rings is 1. The van der Waals surface area contributed by atoms with E-state index in [9.17, 15) is 28.3 Å². The minimum Gasteiger partial charge on any atom is -0.492 e. The number of halogens is 3. The van der Waals surface area contributed by atoms with Crippen molar-refractivity contribution in [2.75, 3.05) is 13.1 Å². The lowest BCUT2D eigenvalue weighted by molar-refractivity contribution is -0.136. The van der Waals surface area contributed by atoms with Gasteiger partial charge in [0.05, 0.1) is 17.2 Å². The molecule has 202 valence electrons. The Kier molecular flexibility index (Phi) is 9.89. The molecule has 3 heterocycles. The summed E-state index contributed by atoms with van der Waals surface area (Å²) in [6, 6.07) is 10.4. The van der Waals surface area contributed by atoms with Crippen LogP contribution in [0.3, 0.4) is 0 Å². The van der Waals surface area contributed by atoms with Crippen LogP contribution in [0.5, 0.6) is 5.88 Å². The summed E-state index contributed by atoms with van der Waals surface area (Å²) in [5.41, 5.74) is 0.109. The van der Waals surface area contributed by atoms with Crippen LogP contribution in [0.15, 0.2) is 55.3 Å². The molecule has 0 aliphatic carbocycles. The number of piperidine rings is 1. The first-order chi connectivity index (χ1) is 17.7. The SMILES string of the molecule is C.C=C/C(=C\C)c1cc(C(F)(F)F)c2nc(C(=O)N3CCC(c4ccccc4C#N)CC3)c(O)n2c1.CC. The third-order valence-electron chi connectivity index (χ3n) is 6.37. The zero-order valence-electron chi connectivity index (χ0n) is 21.0. The van der Waals surface area contributed by atoms with Crippen molar-refractivity contribution in [3.05, 3.63) is 83.2 Å². The van der Waals surface area contributed by atoms with Gasteiger partial charge in [0.1, 0.15) is 0 Å². The maximum Gasteiger partial charge on any atom is 0.420 e. The Labute approximate surface area is 221 Å². The Balaban J connectivity index is 0.00000165. The van der Waals surface area contributed by atoms with Crippen LogP contribution < -0.4 is 0 Å². The first-order valence-electron chi connectivity index (χ1n) is 12.1. The number of hydrogen-bond acceptors (Lipinski definition) is 4. The van der Waals surface area contributed by atoms with Crippen LogP contribution in [-0.2, 0) is 6.18 Å². The molecule has 38 heavy (non-hydrogen) atoms. The van der Waals surface area contributed by atoms with E-state index in [2.05, 4.69) is 17.6 Å². The summed E-state index contributed by atoms with van der Waals surface area (Å²) < 4.78 is 42.4. The summed E-state index contributed by atoms with van der Waals surface area (Å²) >= 11 is 0. The van der Waals surface area contributed by atoms with Crippen LogP contribution in [0, 0.1) is 11.3 Å². The van der Waals surface area contributed by atoms with Gasteiger partial charge in [-0.15, -0.1) is 0 Å². The molecule has 1 saturated heterocycles. The maximum absolute atomic E-state index is 13.8. The van der Waals surface area contributed by atoms with E-state index in [1.165, 1.54) is 17.2 Å². The second-order valence-electron chi connectivity index (χ2n) is 8.33. The molecule has 1 amide bonds.